The number of sulfonamides is 1. The summed E-state index contributed by atoms with van der Waals surface area (Å²) in [5.74, 6) is -0.329. The maximum absolute atomic E-state index is 14.7. The summed E-state index contributed by atoms with van der Waals surface area (Å²) < 4.78 is 36.4. The van der Waals surface area contributed by atoms with E-state index in [1.165, 1.54) is 17.0 Å². The van der Waals surface area contributed by atoms with E-state index in [-0.39, 0.29) is 35.4 Å². The Labute approximate surface area is 286 Å². The van der Waals surface area contributed by atoms with Crippen LogP contribution < -0.4 is 14.4 Å². The summed E-state index contributed by atoms with van der Waals surface area (Å²) in [7, 11) is -4.25. The van der Waals surface area contributed by atoms with Crippen molar-refractivity contribution >= 4 is 43.5 Å². The molecule has 0 bridgehead atoms. The van der Waals surface area contributed by atoms with Crippen molar-refractivity contribution in [3.8, 4) is 5.75 Å². The second-order valence-electron chi connectivity index (χ2n) is 11.7. The van der Waals surface area contributed by atoms with Crippen LogP contribution in [0.5, 0.6) is 5.75 Å². The first kappa shape index (κ1) is 35.7. The number of hydrogen-bond donors (Lipinski definition) is 1. The molecule has 1 atom stereocenters. The molecule has 0 aliphatic rings. The van der Waals surface area contributed by atoms with E-state index in [9.17, 15) is 18.0 Å². The molecular formula is C37H42BrN3O5S. The van der Waals surface area contributed by atoms with Gasteiger partial charge in [0.2, 0.25) is 11.8 Å². The van der Waals surface area contributed by atoms with Crippen molar-refractivity contribution in [3.05, 3.63) is 124 Å². The van der Waals surface area contributed by atoms with Gasteiger partial charge in [0.15, 0.2) is 0 Å². The highest BCUT2D eigenvalue weighted by molar-refractivity contribution is 9.10. The zero-order valence-corrected chi connectivity index (χ0v) is 29.6. The Morgan fingerprint density at radius 2 is 1.53 bits per heavy atom. The first-order valence-electron chi connectivity index (χ1n) is 15.7. The first-order valence-corrected chi connectivity index (χ1v) is 17.9. The van der Waals surface area contributed by atoms with Crippen LogP contribution in [0.4, 0.5) is 5.69 Å². The predicted molar refractivity (Wildman–Crippen MR) is 190 cm³/mol. The van der Waals surface area contributed by atoms with Gasteiger partial charge in [-0.1, -0.05) is 102 Å². The lowest BCUT2D eigenvalue weighted by Gasteiger charge is -2.34. The fraction of sp³-hybridized carbons (Fsp3) is 0.297. The van der Waals surface area contributed by atoms with Gasteiger partial charge in [-0.05, 0) is 67.3 Å². The van der Waals surface area contributed by atoms with Crippen molar-refractivity contribution in [3.63, 3.8) is 0 Å². The molecule has 47 heavy (non-hydrogen) atoms. The summed E-state index contributed by atoms with van der Waals surface area (Å²) in [6.45, 7) is 7.93. The molecule has 1 N–H and O–H groups in total. The van der Waals surface area contributed by atoms with Crippen molar-refractivity contribution in [2.45, 2.75) is 51.6 Å². The number of ether oxygens (including phenoxy) is 1. The lowest BCUT2D eigenvalue weighted by molar-refractivity contribution is -0.140. The molecule has 0 saturated carbocycles. The molecule has 248 valence electrons. The van der Waals surface area contributed by atoms with E-state index in [1.807, 2.05) is 82.3 Å². The van der Waals surface area contributed by atoms with E-state index < -0.39 is 28.5 Å². The molecule has 8 nitrogen and oxygen atoms in total. The molecule has 0 fully saturated rings. The standard InChI is InChI=1S/C37H42BrN3O5S/c1-5-46-35-17-10-9-16-33(35)41(47(44,45)32-20-18-28(4)19-21-32)26-36(42)40(25-30-14-11-15-31(38)22-30)34(37(43)39-24-27(2)3)23-29-12-7-6-8-13-29/h6-22,27,34H,5,23-26H2,1-4H3,(H,39,43). The normalized spacial score (nSPS) is 12.0. The van der Waals surface area contributed by atoms with Crippen LogP contribution in [0.25, 0.3) is 0 Å². The maximum Gasteiger partial charge on any atom is 0.264 e. The van der Waals surface area contributed by atoms with Gasteiger partial charge < -0.3 is 15.0 Å². The van der Waals surface area contributed by atoms with Gasteiger partial charge in [-0.25, -0.2) is 8.42 Å². The third kappa shape index (κ3) is 9.68. The van der Waals surface area contributed by atoms with Gasteiger partial charge in [-0.15, -0.1) is 0 Å². The lowest BCUT2D eigenvalue weighted by Crippen LogP contribution is -2.53. The number of carbonyl (C=O) groups is 2. The fourth-order valence-corrected chi connectivity index (χ4v) is 6.97. The monoisotopic (exact) mass is 719 g/mol. The van der Waals surface area contributed by atoms with Gasteiger partial charge in [0.1, 0.15) is 18.3 Å². The van der Waals surface area contributed by atoms with Gasteiger partial charge in [0.25, 0.3) is 10.0 Å². The van der Waals surface area contributed by atoms with Crippen LogP contribution in [0.2, 0.25) is 0 Å². The molecule has 0 aromatic heterocycles. The minimum absolute atomic E-state index is 0.0382. The van der Waals surface area contributed by atoms with Crippen LogP contribution in [-0.2, 0) is 32.6 Å². The van der Waals surface area contributed by atoms with Gasteiger partial charge in [0, 0.05) is 24.0 Å². The smallest absolute Gasteiger partial charge is 0.264 e. The Balaban J connectivity index is 1.83. The number of benzene rings is 4. The number of anilines is 1. The summed E-state index contributed by atoms with van der Waals surface area (Å²) >= 11 is 3.52. The topological polar surface area (TPSA) is 96.0 Å². The summed E-state index contributed by atoms with van der Waals surface area (Å²) in [5, 5.41) is 3.01. The van der Waals surface area contributed by atoms with Gasteiger partial charge >= 0.3 is 0 Å². The molecule has 0 radical (unpaired) electrons. The Kier molecular flexibility index (Phi) is 12.6. The van der Waals surface area contributed by atoms with E-state index in [2.05, 4.69) is 21.2 Å². The van der Waals surface area contributed by atoms with Crippen LogP contribution in [0, 0.1) is 12.8 Å². The Hall–Kier alpha value is -4.15. The van der Waals surface area contributed by atoms with Gasteiger partial charge in [0.05, 0.1) is 17.2 Å². The molecule has 1 unspecified atom stereocenters. The average molecular weight is 721 g/mol. The van der Waals surface area contributed by atoms with E-state index in [0.717, 1.165) is 25.5 Å². The molecule has 0 spiro atoms. The van der Waals surface area contributed by atoms with Gasteiger partial charge in [-0.3, -0.25) is 13.9 Å². The Morgan fingerprint density at radius 3 is 2.19 bits per heavy atom. The Bertz CT molecular complexity index is 1750. The lowest BCUT2D eigenvalue weighted by atomic mass is 10.0. The maximum atomic E-state index is 14.7. The second kappa shape index (κ2) is 16.6. The molecule has 4 rings (SSSR count). The summed E-state index contributed by atoms with van der Waals surface area (Å²) in [4.78, 5) is 30.1. The fourth-order valence-electron chi connectivity index (χ4n) is 5.10. The number of halogens is 1. The number of rotatable bonds is 15. The summed E-state index contributed by atoms with van der Waals surface area (Å²) in [6, 6.07) is 29.3. The SMILES string of the molecule is CCOc1ccccc1N(CC(=O)N(Cc1cccc(Br)c1)C(Cc1ccccc1)C(=O)NCC(C)C)S(=O)(=O)c1ccc(C)cc1. The third-order valence-corrected chi connectivity index (χ3v) is 9.79. The van der Waals surface area contributed by atoms with E-state index >= 15 is 0 Å². The molecule has 2 amide bonds. The summed E-state index contributed by atoms with van der Waals surface area (Å²) in [6.07, 6.45) is 0.241. The highest BCUT2D eigenvalue weighted by Gasteiger charge is 2.35. The van der Waals surface area contributed by atoms with Gasteiger partial charge in [-0.2, -0.15) is 0 Å². The first-order chi connectivity index (χ1) is 22.5. The number of hydrogen-bond acceptors (Lipinski definition) is 5. The molecular weight excluding hydrogens is 678 g/mol. The quantitative estimate of drug-likeness (QED) is 0.147. The molecule has 4 aromatic carbocycles. The zero-order chi connectivity index (χ0) is 34.0. The molecule has 10 heteroatoms. The highest BCUT2D eigenvalue weighted by atomic mass is 79.9. The number of carbonyl (C=O) groups excluding carboxylic acids is 2. The van der Waals surface area contributed by atoms with E-state index in [0.29, 0.717) is 18.9 Å². The van der Waals surface area contributed by atoms with Crippen molar-refractivity contribution in [1.82, 2.24) is 10.2 Å². The minimum Gasteiger partial charge on any atom is -0.492 e. The number of nitrogens with one attached hydrogen (secondary N) is 1. The van der Waals surface area contributed by atoms with E-state index in [1.54, 1.807) is 36.4 Å². The number of para-hydroxylation sites is 2. The van der Waals surface area contributed by atoms with Crippen LogP contribution >= 0.6 is 15.9 Å². The zero-order valence-electron chi connectivity index (χ0n) is 27.2. The number of aryl methyl sites for hydroxylation is 1. The molecule has 4 aromatic rings. The van der Waals surface area contributed by atoms with Crippen molar-refractivity contribution in [1.29, 1.82) is 0 Å². The third-order valence-electron chi connectivity index (χ3n) is 7.52. The molecule has 0 aliphatic carbocycles. The van der Waals surface area contributed by atoms with Crippen LogP contribution in [0.1, 0.15) is 37.5 Å². The largest absolute Gasteiger partial charge is 0.492 e. The molecule has 0 heterocycles. The van der Waals surface area contributed by atoms with Crippen molar-refractivity contribution in [2.24, 2.45) is 5.92 Å². The van der Waals surface area contributed by atoms with E-state index in [4.69, 9.17) is 4.74 Å². The summed E-state index contributed by atoms with van der Waals surface area (Å²) in [5.41, 5.74) is 2.78. The minimum atomic E-state index is -4.25. The predicted octanol–water partition coefficient (Wildman–Crippen LogP) is 6.76. The number of amides is 2. The number of nitrogens with zero attached hydrogens (tertiary/aromatic N) is 2. The van der Waals surface area contributed by atoms with Crippen LogP contribution in [0.3, 0.4) is 0 Å². The second-order valence-corrected chi connectivity index (χ2v) is 14.5. The van der Waals surface area contributed by atoms with Crippen LogP contribution in [0.15, 0.2) is 112 Å². The Morgan fingerprint density at radius 1 is 0.872 bits per heavy atom. The van der Waals surface area contributed by atoms with Crippen LogP contribution in [-0.4, -0.2) is 50.9 Å². The molecule has 0 saturated heterocycles. The highest BCUT2D eigenvalue weighted by Crippen LogP contribution is 2.33. The van der Waals surface area contributed by atoms with Crippen molar-refractivity contribution in [2.75, 3.05) is 24.0 Å². The average Bonchev–Trinajstić information content (AvgIpc) is 3.05. The molecule has 0 aliphatic heterocycles. The van der Waals surface area contributed by atoms with Crippen molar-refractivity contribution < 1.29 is 22.7 Å².